The van der Waals surface area contributed by atoms with Gasteiger partial charge in [0.2, 0.25) is 11.6 Å². The molecule has 2 fully saturated rings. The van der Waals surface area contributed by atoms with Crippen LogP contribution in [0.5, 0.6) is 0 Å². The molecular weight excluding hydrogens is 838 g/mol. The van der Waals surface area contributed by atoms with Gasteiger partial charge in [-0.25, -0.2) is 24.1 Å². The third-order valence-corrected chi connectivity index (χ3v) is 11.6. The Kier molecular flexibility index (Phi) is 14.5. The number of aromatic nitrogens is 3. The maximum atomic E-state index is 12.0. The number of anilines is 1. The Balaban J connectivity index is 0.000000291. The van der Waals surface area contributed by atoms with Gasteiger partial charge in [0, 0.05) is 6.07 Å². The summed E-state index contributed by atoms with van der Waals surface area (Å²) in [7, 11) is -10.6. The summed E-state index contributed by atoms with van der Waals surface area (Å²) in [4.78, 5) is 73.7. The number of aliphatic hydroxyl groups excluding tert-OH is 4. The van der Waals surface area contributed by atoms with Crippen LogP contribution in [0.25, 0.3) is 0 Å². The highest BCUT2D eigenvalue weighted by atomic mass is 79.9. The van der Waals surface area contributed by atoms with Gasteiger partial charge in [-0.2, -0.15) is 8.88 Å². The van der Waals surface area contributed by atoms with Gasteiger partial charge in [0.05, 0.1) is 40.4 Å². The molecule has 0 aliphatic carbocycles. The highest BCUT2D eigenvalue weighted by Crippen LogP contribution is 2.58. The van der Waals surface area contributed by atoms with E-state index >= 15 is 0 Å². The monoisotopic (exact) mass is 873 g/mol. The molecule has 26 heteroatoms. The third kappa shape index (κ3) is 10.6. The Labute approximate surface area is 312 Å². The lowest BCUT2D eigenvalue weighted by Crippen LogP contribution is -2.46. The number of nitrogens with zero attached hydrogens (tertiary/aromatic N) is 4. The van der Waals surface area contributed by atoms with Crippen molar-refractivity contribution in [2.24, 2.45) is 10.7 Å². The number of ether oxygens (including phenoxy) is 2. The van der Waals surface area contributed by atoms with Gasteiger partial charge in [0.15, 0.2) is 24.3 Å². The number of hydrogen-bond acceptors (Lipinski definition) is 18. The Morgan fingerprint density at radius 3 is 2.30 bits per heavy atom. The minimum absolute atomic E-state index is 0.0119. The molecule has 5 rings (SSSR count). The van der Waals surface area contributed by atoms with E-state index in [-0.39, 0.29) is 33.3 Å². The molecule has 0 spiro atoms. The number of nitrogens with two attached hydrogens (primary N) is 2. The first-order valence-corrected chi connectivity index (χ1v) is 20.4. The van der Waals surface area contributed by atoms with E-state index in [1.54, 1.807) is 22.9 Å². The second kappa shape index (κ2) is 17.9. The van der Waals surface area contributed by atoms with Gasteiger partial charge in [-0.3, -0.25) is 18.9 Å². The highest BCUT2D eigenvalue weighted by Gasteiger charge is 2.52. The lowest BCUT2D eigenvalue weighted by atomic mass is 9.94. The number of halogens is 1. The van der Waals surface area contributed by atoms with E-state index in [0.29, 0.717) is 12.0 Å². The number of aliphatic imine (C=N–C) groups is 1. The molecular formula is C27H36BrN6O16P2S+. The standard InChI is InChI=1S/C15H19BrN4O12P2S.C12H16N2O4/c16-1-5(21)6(22)3-35-15-8(9-10(20-15)14(17)19-4-18-9)13-12(24)11(23)7(31-13)2-30-34(28,29)32-33(25,26)27;1-2-8-9(15)10(16)12(18-8)14-5-3-4-7(6-14)11(13)17/h4,7-8,11-13,23-24H,1-3H2,(H,28,29)(H2,17,18,19)(H2,25,26,27);3-6,8-10,12,15-16H,2H2,1H3,(H-,13,17)/p+1/t7-,8+,11-,12-,13?;8-,9-,10-,12?/m11/s1. The van der Waals surface area contributed by atoms with Crippen LogP contribution in [0, 0.1) is 0 Å². The molecule has 0 radical (unpaired) electrons. The molecule has 3 aliphatic heterocycles. The summed E-state index contributed by atoms with van der Waals surface area (Å²) < 4.78 is 43.4. The molecule has 22 nitrogen and oxygen atoms in total. The molecule has 1 amide bonds. The molecule has 10 atom stereocenters. The van der Waals surface area contributed by atoms with Gasteiger partial charge >= 0.3 is 15.6 Å². The van der Waals surface area contributed by atoms with Crippen LogP contribution < -0.4 is 16.0 Å². The molecule has 3 unspecified atom stereocenters. The summed E-state index contributed by atoms with van der Waals surface area (Å²) in [5.74, 6) is -3.21. The van der Waals surface area contributed by atoms with E-state index < -0.39 is 94.6 Å². The second-order valence-corrected chi connectivity index (χ2v) is 15.9. The number of thioether (sulfide) groups is 1. The first-order valence-electron chi connectivity index (χ1n) is 15.3. The van der Waals surface area contributed by atoms with Gasteiger partial charge in [-0.05, 0) is 12.5 Å². The van der Waals surface area contributed by atoms with E-state index in [4.69, 9.17) is 30.7 Å². The first kappa shape index (κ1) is 43.1. The van der Waals surface area contributed by atoms with Crippen LogP contribution in [0.2, 0.25) is 0 Å². The molecule has 5 heterocycles. The molecule has 0 saturated carbocycles. The predicted octanol–water partition coefficient (Wildman–Crippen LogP) is -1.73. The van der Waals surface area contributed by atoms with Crippen molar-refractivity contribution in [2.45, 2.75) is 68.2 Å². The van der Waals surface area contributed by atoms with E-state index in [1.807, 2.05) is 6.92 Å². The minimum atomic E-state index is -5.37. The fraction of sp³-hybridized carbons (Fsp3) is 0.519. The lowest BCUT2D eigenvalue weighted by molar-refractivity contribution is -0.765. The Morgan fingerprint density at radius 1 is 1.02 bits per heavy atom. The number of nitrogen functional groups attached to an aromatic ring is 1. The van der Waals surface area contributed by atoms with Crippen molar-refractivity contribution in [1.29, 1.82) is 0 Å². The smallest absolute Gasteiger partial charge is 0.388 e. The summed E-state index contributed by atoms with van der Waals surface area (Å²) in [6, 6.07) is 3.22. The van der Waals surface area contributed by atoms with Crippen molar-refractivity contribution in [3.63, 3.8) is 0 Å². The largest absolute Gasteiger partial charge is 0.481 e. The number of amides is 1. The zero-order valence-electron chi connectivity index (χ0n) is 27.3. The van der Waals surface area contributed by atoms with Gasteiger partial charge in [-0.1, -0.05) is 22.9 Å². The van der Waals surface area contributed by atoms with Gasteiger partial charge < -0.3 is 56.0 Å². The molecule has 0 bridgehead atoms. The van der Waals surface area contributed by atoms with Crippen molar-refractivity contribution in [1.82, 2.24) is 9.97 Å². The fourth-order valence-electron chi connectivity index (χ4n) is 5.38. The number of rotatable bonds is 13. The molecule has 2 aromatic rings. The predicted molar refractivity (Wildman–Crippen MR) is 183 cm³/mol. The van der Waals surface area contributed by atoms with Gasteiger partial charge in [0.1, 0.15) is 48.1 Å². The SMILES string of the molecule is CC[C@H]1OC([n+]2cccc(C(N)=O)c2)[C@H](O)[C@@H]1O.Nc1ncnc2c1N=C(SCC(=O)C(=O)CBr)[C@@H]2C1O[C@H](COP(=O)(O)OP(=O)(O)O)[C@@H](O)[C@H]1O. The number of aliphatic hydroxyl groups is 4. The number of carbonyl (C=O) groups excluding carboxylic acids is 3. The molecule has 2 saturated heterocycles. The average Bonchev–Trinajstić information content (AvgIpc) is 3.71. The van der Waals surface area contributed by atoms with E-state index in [9.17, 15) is 48.8 Å². The number of hydrogen-bond donors (Lipinski definition) is 9. The molecule has 11 N–H and O–H groups in total. The van der Waals surface area contributed by atoms with Crippen LogP contribution in [0.1, 0.15) is 41.5 Å². The van der Waals surface area contributed by atoms with Crippen molar-refractivity contribution in [3.05, 3.63) is 42.1 Å². The molecule has 3 aliphatic rings. The molecule has 2 aromatic heterocycles. The number of carbonyl (C=O) groups is 3. The van der Waals surface area contributed by atoms with Crippen LogP contribution in [-0.4, -0.2) is 128 Å². The summed E-state index contributed by atoms with van der Waals surface area (Å²) in [6.45, 7) is 0.972. The van der Waals surface area contributed by atoms with Crippen LogP contribution >= 0.6 is 43.3 Å². The number of fused-ring (bicyclic) bond motifs is 1. The number of phosphoric acid groups is 2. The molecule has 53 heavy (non-hydrogen) atoms. The number of ketones is 2. The zero-order chi connectivity index (χ0) is 39.4. The maximum Gasteiger partial charge on any atom is 0.481 e. The van der Waals surface area contributed by atoms with E-state index in [0.717, 1.165) is 18.1 Å². The number of pyridine rings is 1. The third-order valence-electron chi connectivity index (χ3n) is 7.92. The summed E-state index contributed by atoms with van der Waals surface area (Å²) in [5, 5.41) is 40.8. The number of phosphoric ester groups is 1. The molecule has 0 aromatic carbocycles. The zero-order valence-corrected chi connectivity index (χ0v) is 31.5. The van der Waals surface area contributed by atoms with E-state index in [1.165, 1.54) is 6.20 Å². The van der Waals surface area contributed by atoms with Crippen molar-refractivity contribution >= 4 is 77.4 Å². The summed E-state index contributed by atoms with van der Waals surface area (Å²) >= 11 is 3.77. The Bertz CT molecular complexity index is 1820. The highest BCUT2D eigenvalue weighted by molar-refractivity contribution is 9.09. The quantitative estimate of drug-likeness (QED) is 0.0467. The van der Waals surface area contributed by atoms with Crippen LogP contribution in [-0.2, 0) is 37.0 Å². The Hall–Kier alpha value is -2.64. The van der Waals surface area contributed by atoms with Crippen molar-refractivity contribution in [2.75, 3.05) is 23.4 Å². The second-order valence-electron chi connectivity index (χ2n) is 11.5. The Morgan fingerprint density at radius 2 is 1.70 bits per heavy atom. The van der Waals surface area contributed by atoms with Gasteiger partial charge in [-0.15, -0.1) is 11.8 Å². The lowest BCUT2D eigenvalue weighted by Gasteiger charge is -2.23. The first-order chi connectivity index (χ1) is 24.8. The summed E-state index contributed by atoms with van der Waals surface area (Å²) in [6.07, 6.45) is -4.19. The van der Waals surface area contributed by atoms with Crippen molar-refractivity contribution in [3.8, 4) is 0 Å². The van der Waals surface area contributed by atoms with Crippen LogP contribution in [0.3, 0.4) is 0 Å². The fourth-order valence-corrected chi connectivity index (χ4v) is 8.32. The number of primary amides is 1. The number of Topliss-reactive ketones (excluding diaryl/α,β-unsaturated/α-hetero) is 2. The van der Waals surface area contributed by atoms with Crippen LogP contribution in [0.15, 0.2) is 35.8 Å². The van der Waals surface area contributed by atoms with Gasteiger partial charge in [0.25, 0.3) is 12.1 Å². The number of alkyl halides is 1. The van der Waals surface area contributed by atoms with E-state index in [2.05, 4.69) is 39.7 Å². The topological polar surface area (TPSA) is 358 Å². The maximum absolute atomic E-state index is 12.0. The molecule has 292 valence electrons. The van der Waals surface area contributed by atoms with Crippen LogP contribution in [0.4, 0.5) is 11.5 Å². The normalized spacial score (nSPS) is 29.1. The summed E-state index contributed by atoms with van der Waals surface area (Å²) in [5.41, 5.74) is 11.7. The van der Waals surface area contributed by atoms with Crippen molar-refractivity contribution < 1.29 is 81.5 Å². The average molecular weight is 875 g/mol. The minimum Gasteiger partial charge on any atom is -0.388 e.